The van der Waals surface area contributed by atoms with Crippen molar-refractivity contribution in [3.8, 4) is 0 Å². The predicted octanol–water partition coefficient (Wildman–Crippen LogP) is 1.78. The van der Waals surface area contributed by atoms with Crippen LogP contribution in [0.25, 0.3) is 0 Å². The van der Waals surface area contributed by atoms with Gasteiger partial charge >= 0.3 is 5.97 Å². The molecule has 0 unspecified atom stereocenters. The van der Waals surface area contributed by atoms with Gasteiger partial charge in [0.15, 0.2) is 0 Å². The lowest BCUT2D eigenvalue weighted by molar-refractivity contribution is -0.142. The molecule has 0 aliphatic carbocycles. The summed E-state index contributed by atoms with van der Waals surface area (Å²) in [5.41, 5.74) is 1.11. The summed E-state index contributed by atoms with van der Waals surface area (Å²) < 4.78 is 4.87. The Kier molecular flexibility index (Phi) is 4.76. The molecule has 0 saturated carbocycles. The minimum atomic E-state index is -0.164. The Morgan fingerprint density at radius 1 is 1.56 bits per heavy atom. The third kappa shape index (κ3) is 3.53. The molecule has 0 amide bonds. The number of pyridine rings is 1. The molecule has 16 heavy (non-hydrogen) atoms. The SMILES string of the molecule is CCOC(=O)CCN(C)c1ncccc1C. The van der Waals surface area contributed by atoms with Crippen LogP contribution in [0.2, 0.25) is 0 Å². The first-order valence-corrected chi connectivity index (χ1v) is 5.43. The largest absolute Gasteiger partial charge is 0.466 e. The van der Waals surface area contributed by atoms with Gasteiger partial charge in [0.2, 0.25) is 0 Å². The molecule has 0 atom stereocenters. The van der Waals surface area contributed by atoms with Crippen molar-refractivity contribution in [1.29, 1.82) is 0 Å². The lowest BCUT2D eigenvalue weighted by Gasteiger charge is -2.19. The van der Waals surface area contributed by atoms with Crippen LogP contribution in [0, 0.1) is 6.92 Å². The quantitative estimate of drug-likeness (QED) is 0.712. The van der Waals surface area contributed by atoms with E-state index in [4.69, 9.17) is 4.74 Å². The van der Waals surface area contributed by atoms with Gasteiger partial charge in [-0.2, -0.15) is 0 Å². The molecule has 0 N–H and O–H groups in total. The van der Waals surface area contributed by atoms with E-state index in [0.29, 0.717) is 19.6 Å². The van der Waals surface area contributed by atoms with Gasteiger partial charge < -0.3 is 9.64 Å². The molecule has 0 bridgehead atoms. The normalized spacial score (nSPS) is 9.94. The summed E-state index contributed by atoms with van der Waals surface area (Å²) in [6.45, 7) is 4.87. The Morgan fingerprint density at radius 3 is 2.94 bits per heavy atom. The summed E-state index contributed by atoms with van der Waals surface area (Å²) in [7, 11) is 1.93. The van der Waals surface area contributed by atoms with Gasteiger partial charge in [-0.25, -0.2) is 4.98 Å². The van der Waals surface area contributed by atoms with Crippen molar-refractivity contribution < 1.29 is 9.53 Å². The van der Waals surface area contributed by atoms with E-state index in [2.05, 4.69) is 4.98 Å². The first-order chi connectivity index (χ1) is 7.65. The van der Waals surface area contributed by atoms with Crippen molar-refractivity contribution in [2.45, 2.75) is 20.3 Å². The van der Waals surface area contributed by atoms with Crippen LogP contribution in [0.4, 0.5) is 5.82 Å². The fraction of sp³-hybridized carbons (Fsp3) is 0.500. The van der Waals surface area contributed by atoms with Crippen LogP contribution in [-0.2, 0) is 9.53 Å². The average Bonchev–Trinajstić information content (AvgIpc) is 2.27. The molecule has 1 aromatic heterocycles. The minimum absolute atomic E-state index is 0.164. The van der Waals surface area contributed by atoms with Crippen molar-refractivity contribution >= 4 is 11.8 Å². The van der Waals surface area contributed by atoms with Crippen LogP contribution in [-0.4, -0.2) is 31.2 Å². The Hall–Kier alpha value is -1.58. The van der Waals surface area contributed by atoms with E-state index in [0.717, 1.165) is 11.4 Å². The molecule has 1 rings (SSSR count). The molecule has 0 saturated heterocycles. The van der Waals surface area contributed by atoms with E-state index in [-0.39, 0.29) is 5.97 Å². The number of anilines is 1. The Bertz CT molecular complexity index is 353. The molecular weight excluding hydrogens is 204 g/mol. The fourth-order valence-corrected chi connectivity index (χ4v) is 1.48. The average molecular weight is 222 g/mol. The van der Waals surface area contributed by atoms with Gasteiger partial charge in [-0.1, -0.05) is 6.07 Å². The highest BCUT2D eigenvalue weighted by Gasteiger charge is 2.08. The van der Waals surface area contributed by atoms with Gasteiger partial charge in [-0.3, -0.25) is 4.79 Å². The molecule has 4 heteroatoms. The smallest absolute Gasteiger partial charge is 0.307 e. The highest BCUT2D eigenvalue weighted by Crippen LogP contribution is 2.14. The number of aryl methyl sites for hydroxylation is 1. The second kappa shape index (κ2) is 6.10. The zero-order valence-electron chi connectivity index (χ0n) is 10.1. The van der Waals surface area contributed by atoms with Gasteiger partial charge in [-0.05, 0) is 25.5 Å². The maximum Gasteiger partial charge on any atom is 0.307 e. The second-order valence-electron chi connectivity index (χ2n) is 3.62. The molecule has 0 radical (unpaired) electrons. The third-order valence-corrected chi connectivity index (χ3v) is 2.30. The van der Waals surface area contributed by atoms with E-state index in [1.54, 1.807) is 6.20 Å². The summed E-state index contributed by atoms with van der Waals surface area (Å²) >= 11 is 0. The van der Waals surface area contributed by atoms with E-state index in [9.17, 15) is 4.79 Å². The van der Waals surface area contributed by atoms with Crippen LogP contribution < -0.4 is 4.90 Å². The summed E-state index contributed by atoms with van der Waals surface area (Å²) in [5, 5.41) is 0. The molecule has 0 fully saturated rings. The molecule has 0 spiro atoms. The molecule has 1 heterocycles. The second-order valence-corrected chi connectivity index (χ2v) is 3.62. The first kappa shape index (κ1) is 12.5. The number of esters is 1. The fourth-order valence-electron chi connectivity index (χ4n) is 1.48. The number of nitrogens with zero attached hydrogens (tertiary/aromatic N) is 2. The van der Waals surface area contributed by atoms with E-state index < -0.39 is 0 Å². The van der Waals surface area contributed by atoms with Crippen LogP contribution in [0.3, 0.4) is 0 Å². The first-order valence-electron chi connectivity index (χ1n) is 5.43. The van der Waals surface area contributed by atoms with E-state index in [1.807, 2.05) is 37.9 Å². The zero-order chi connectivity index (χ0) is 12.0. The predicted molar refractivity (Wildman–Crippen MR) is 63.5 cm³/mol. The lowest BCUT2D eigenvalue weighted by Crippen LogP contribution is -2.23. The summed E-state index contributed by atoms with van der Waals surface area (Å²) in [5.74, 6) is 0.745. The van der Waals surface area contributed by atoms with Crippen LogP contribution >= 0.6 is 0 Å². The van der Waals surface area contributed by atoms with Gasteiger partial charge in [0.05, 0.1) is 13.0 Å². The summed E-state index contributed by atoms with van der Waals surface area (Å²) in [4.78, 5) is 17.4. The summed E-state index contributed by atoms with van der Waals surface area (Å²) in [6, 6.07) is 3.90. The molecule has 88 valence electrons. The number of aromatic nitrogens is 1. The highest BCUT2D eigenvalue weighted by atomic mass is 16.5. The maximum absolute atomic E-state index is 11.2. The number of carbonyl (C=O) groups excluding carboxylic acids is 1. The standard InChI is InChI=1S/C12H18N2O2/c1-4-16-11(15)7-9-14(3)12-10(2)6-5-8-13-12/h5-6,8H,4,7,9H2,1-3H3. The Balaban J connectivity index is 2.50. The van der Waals surface area contributed by atoms with Crippen molar-refractivity contribution in [3.63, 3.8) is 0 Å². The molecule has 0 aliphatic rings. The van der Waals surface area contributed by atoms with Crippen molar-refractivity contribution in [3.05, 3.63) is 23.9 Å². The van der Waals surface area contributed by atoms with Crippen LogP contribution in [0.1, 0.15) is 18.9 Å². The molecule has 1 aromatic rings. The molecule has 0 aromatic carbocycles. The lowest BCUT2D eigenvalue weighted by atomic mass is 10.2. The van der Waals surface area contributed by atoms with Gasteiger partial charge in [-0.15, -0.1) is 0 Å². The van der Waals surface area contributed by atoms with Crippen molar-refractivity contribution in [1.82, 2.24) is 4.98 Å². The number of ether oxygens (including phenoxy) is 1. The zero-order valence-corrected chi connectivity index (χ0v) is 10.1. The highest BCUT2D eigenvalue weighted by molar-refractivity contribution is 5.70. The minimum Gasteiger partial charge on any atom is -0.466 e. The molecular formula is C12H18N2O2. The Morgan fingerprint density at radius 2 is 2.31 bits per heavy atom. The number of carbonyl (C=O) groups is 1. The Labute approximate surface area is 96.2 Å². The van der Waals surface area contributed by atoms with Crippen molar-refractivity contribution in [2.24, 2.45) is 0 Å². The van der Waals surface area contributed by atoms with E-state index in [1.165, 1.54) is 0 Å². The molecule has 4 nitrogen and oxygen atoms in total. The van der Waals surface area contributed by atoms with Crippen LogP contribution in [0.5, 0.6) is 0 Å². The number of hydrogen-bond acceptors (Lipinski definition) is 4. The van der Waals surface area contributed by atoms with Gasteiger partial charge in [0.1, 0.15) is 5.82 Å². The maximum atomic E-state index is 11.2. The van der Waals surface area contributed by atoms with Gasteiger partial charge in [0, 0.05) is 19.8 Å². The third-order valence-electron chi connectivity index (χ3n) is 2.30. The number of hydrogen-bond donors (Lipinski definition) is 0. The monoisotopic (exact) mass is 222 g/mol. The molecule has 0 aliphatic heterocycles. The number of rotatable bonds is 5. The van der Waals surface area contributed by atoms with Crippen molar-refractivity contribution in [2.75, 3.05) is 25.1 Å². The van der Waals surface area contributed by atoms with Gasteiger partial charge in [0.25, 0.3) is 0 Å². The topological polar surface area (TPSA) is 42.4 Å². The summed E-state index contributed by atoms with van der Waals surface area (Å²) in [6.07, 6.45) is 2.14. The van der Waals surface area contributed by atoms with E-state index >= 15 is 0 Å². The van der Waals surface area contributed by atoms with Crippen LogP contribution in [0.15, 0.2) is 18.3 Å².